The molecule has 0 saturated carbocycles. The Bertz CT molecular complexity index is 738. The molecule has 23 heavy (non-hydrogen) atoms. The maximum absolute atomic E-state index is 12.3. The third-order valence-electron chi connectivity index (χ3n) is 3.83. The number of carbonyl (C=O) groups excluding carboxylic acids is 1. The van der Waals surface area contributed by atoms with Crippen molar-refractivity contribution in [3.8, 4) is 5.75 Å². The fourth-order valence-corrected chi connectivity index (χ4v) is 3.38. The Hall–Kier alpha value is -1.95. The molecule has 0 heterocycles. The number of rotatable bonds is 3. The summed E-state index contributed by atoms with van der Waals surface area (Å²) in [6.45, 7) is 0. The number of phenolic OH excluding ortho intramolecular Hbond substituents is 1. The second kappa shape index (κ2) is 5.92. The molecule has 0 fully saturated rings. The van der Waals surface area contributed by atoms with Crippen molar-refractivity contribution in [2.45, 2.75) is 23.2 Å². The van der Waals surface area contributed by atoms with Crippen LogP contribution < -0.4 is 0 Å². The van der Waals surface area contributed by atoms with Gasteiger partial charge in [-0.15, -0.1) is 0 Å². The minimum absolute atomic E-state index is 0.0220. The van der Waals surface area contributed by atoms with Gasteiger partial charge in [0.15, 0.2) is 5.78 Å². The zero-order valence-electron chi connectivity index (χ0n) is 11.9. The van der Waals surface area contributed by atoms with E-state index in [0.717, 1.165) is 11.1 Å². The second-order valence-electron chi connectivity index (χ2n) is 5.50. The van der Waals surface area contributed by atoms with E-state index < -0.39 is 5.51 Å². The Morgan fingerprint density at radius 2 is 1.83 bits per heavy atom. The number of alkyl halides is 3. The molecule has 0 amide bonds. The minimum Gasteiger partial charge on any atom is -0.508 e. The lowest BCUT2D eigenvalue weighted by Crippen LogP contribution is -2.12. The number of ketones is 1. The summed E-state index contributed by atoms with van der Waals surface area (Å²) < 4.78 is 36.9. The molecular weight excluding hydrogens is 325 g/mol. The van der Waals surface area contributed by atoms with E-state index in [4.69, 9.17) is 0 Å². The zero-order chi connectivity index (χ0) is 16.6. The molecule has 1 aliphatic carbocycles. The minimum atomic E-state index is -4.30. The molecule has 0 radical (unpaired) electrons. The number of fused-ring (bicyclic) bond motifs is 1. The van der Waals surface area contributed by atoms with Gasteiger partial charge in [-0.1, -0.05) is 12.1 Å². The Kier molecular flexibility index (Phi) is 4.10. The Morgan fingerprint density at radius 3 is 2.48 bits per heavy atom. The normalized spacial score (nSPS) is 17.3. The molecule has 1 unspecified atom stereocenters. The first kappa shape index (κ1) is 15.9. The monoisotopic (exact) mass is 338 g/mol. The van der Waals surface area contributed by atoms with Crippen LogP contribution in [0.2, 0.25) is 0 Å². The number of aromatic hydroxyl groups is 1. The number of benzene rings is 2. The summed E-state index contributed by atoms with van der Waals surface area (Å²) in [6, 6.07) is 10.8. The second-order valence-corrected chi connectivity index (χ2v) is 6.64. The number of phenols is 1. The van der Waals surface area contributed by atoms with E-state index in [-0.39, 0.29) is 34.1 Å². The predicted octanol–water partition coefficient (Wildman–Crippen LogP) is 4.60. The van der Waals surface area contributed by atoms with Crippen LogP contribution in [-0.4, -0.2) is 16.4 Å². The first-order chi connectivity index (χ1) is 10.8. The number of thioether (sulfide) groups is 1. The topological polar surface area (TPSA) is 37.3 Å². The highest BCUT2D eigenvalue weighted by Gasteiger charge is 2.31. The molecular formula is C17H13F3O2S. The lowest BCUT2D eigenvalue weighted by Gasteiger charge is -2.09. The van der Waals surface area contributed by atoms with E-state index in [1.54, 1.807) is 24.3 Å². The molecule has 0 aromatic heterocycles. The van der Waals surface area contributed by atoms with E-state index in [9.17, 15) is 23.1 Å². The van der Waals surface area contributed by atoms with Crippen LogP contribution in [0.25, 0.3) is 0 Å². The maximum atomic E-state index is 12.3. The van der Waals surface area contributed by atoms with Crippen LogP contribution in [0, 0.1) is 5.92 Å². The van der Waals surface area contributed by atoms with Gasteiger partial charge in [-0.05, 0) is 66.1 Å². The molecule has 2 aromatic rings. The van der Waals surface area contributed by atoms with Gasteiger partial charge in [0, 0.05) is 16.4 Å². The SMILES string of the molecule is O=C1c2ccc(O)cc2CC1Cc1ccc(SC(F)(F)F)cc1. The van der Waals surface area contributed by atoms with Crippen molar-refractivity contribution in [3.05, 3.63) is 59.2 Å². The van der Waals surface area contributed by atoms with E-state index >= 15 is 0 Å². The molecule has 6 heteroatoms. The van der Waals surface area contributed by atoms with Crippen LogP contribution in [-0.2, 0) is 12.8 Å². The van der Waals surface area contributed by atoms with Gasteiger partial charge in [-0.3, -0.25) is 4.79 Å². The van der Waals surface area contributed by atoms with Crippen LogP contribution in [0.3, 0.4) is 0 Å². The van der Waals surface area contributed by atoms with E-state index in [1.807, 2.05) is 0 Å². The van der Waals surface area contributed by atoms with Crippen LogP contribution >= 0.6 is 11.8 Å². The largest absolute Gasteiger partial charge is 0.508 e. The van der Waals surface area contributed by atoms with Crippen LogP contribution in [0.5, 0.6) is 5.75 Å². The molecule has 0 saturated heterocycles. The predicted molar refractivity (Wildman–Crippen MR) is 81.7 cm³/mol. The molecule has 120 valence electrons. The highest BCUT2D eigenvalue weighted by molar-refractivity contribution is 8.00. The number of hydrogen-bond acceptors (Lipinski definition) is 3. The third-order valence-corrected chi connectivity index (χ3v) is 4.57. The summed E-state index contributed by atoms with van der Waals surface area (Å²) in [6.07, 6.45) is 1.02. The Balaban J connectivity index is 1.70. The highest BCUT2D eigenvalue weighted by atomic mass is 32.2. The van der Waals surface area contributed by atoms with Gasteiger partial charge < -0.3 is 5.11 Å². The van der Waals surface area contributed by atoms with Crippen molar-refractivity contribution in [1.29, 1.82) is 0 Å². The fourth-order valence-electron chi connectivity index (χ4n) is 2.84. The Labute approximate surface area is 135 Å². The smallest absolute Gasteiger partial charge is 0.446 e. The summed E-state index contributed by atoms with van der Waals surface area (Å²) in [5.41, 5.74) is -2.03. The molecule has 3 rings (SSSR count). The fraction of sp³-hybridized carbons (Fsp3) is 0.235. The highest BCUT2D eigenvalue weighted by Crippen LogP contribution is 2.37. The number of Topliss-reactive ketones (excluding diaryl/α,β-unsaturated/α-hetero) is 1. The molecule has 2 nitrogen and oxygen atoms in total. The van der Waals surface area contributed by atoms with Gasteiger partial charge in [0.05, 0.1) is 0 Å². The third kappa shape index (κ3) is 3.69. The van der Waals surface area contributed by atoms with Gasteiger partial charge >= 0.3 is 5.51 Å². The molecule has 0 spiro atoms. The molecule has 1 aliphatic rings. The van der Waals surface area contributed by atoms with E-state index in [1.165, 1.54) is 18.2 Å². The van der Waals surface area contributed by atoms with Gasteiger partial charge in [-0.2, -0.15) is 13.2 Å². The number of carbonyl (C=O) groups is 1. The molecule has 0 bridgehead atoms. The average molecular weight is 338 g/mol. The Morgan fingerprint density at radius 1 is 1.13 bits per heavy atom. The number of halogens is 3. The summed E-state index contributed by atoms with van der Waals surface area (Å²) in [5, 5.41) is 9.48. The average Bonchev–Trinajstić information content (AvgIpc) is 2.75. The summed E-state index contributed by atoms with van der Waals surface area (Å²) >= 11 is -0.151. The first-order valence-corrected chi connectivity index (χ1v) is 7.84. The van der Waals surface area contributed by atoms with Crippen molar-refractivity contribution >= 4 is 17.5 Å². The summed E-state index contributed by atoms with van der Waals surface area (Å²) in [4.78, 5) is 12.5. The van der Waals surface area contributed by atoms with Gasteiger partial charge in [0.2, 0.25) is 0 Å². The molecule has 1 N–H and O–H groups in total. The molecule has 2 aromatic carbocycles. The van der Waals surface area contributed by atoms with Crippen molar-refractivity contribution in [1.82, 2.24) is 0 Å². The lowest BCUT2D eigenvalue weighted by atomic mass is 9.96. The lowest BCUT2D eigenvalue weighted by molar-refractivity contribution is -0.0328. The van der Waals surface area contributed by atoms with E-state index in [0.29, 0.717) is 18.4 Å². The summed E-state index contributed by atoms with van der Waals surface area (Å²) in [7, 11) is 0. The van der Waals surface area contributed by atoms with Crippen molar-refractivity contribution in [2.75, 3.05) is 0 Å². The van der Waals surface area contributed by atoms with Gasteiger partial charge in [0.1, 0.15) is 5.75 Å². The maximum Gasteiger partial charge on any atom is 0.446 e. The van der Waals surface area contributed by atoms with Crippen molar-refractivity contribution in [2.24, 2.45) is 5.92 Å². The van der Waals surface area contributed by atoms with Gasteiger partial charge in [-0.25, -0.2) is 0 Å². The van der Waals surface area contributed by atoms with Gasteiger partial charge in [0.25, 0.3) is 0 Å². The van der Waals surface area contributed by atoms with Crippen molar-refractivity contribution < 1.29 is 23.1 Å². The van der Waals surface area contributed by atoms with E-state index in [2.05, 4.69) is 0 Å². The standard InChI is InChI=1S/C17H13F3O2S/c18-17(19,20)23-14-4-1-10(2-5-14)7-12-8-11-9-13(21)3-6-15(11)16(12)22/h1-6,9,12,21H,7-8H2. The zero-order valence-corrected chi connectivity index (χ0v) is 12.7. The molecule has 0 aliphatic heterocycles. The number of hydrogen-bond donors (Lipinski definition) is 1. The van der Waals surface area contributed by atoms with Crippen LogP contribution in [0.15, 0.2) is 47.4 Å². The first-order valence-electron chi connectivity index (χ1n) is 7.02. The van der Waals surface area contributed by atoms with Crippen LogP contribution in [0.1, 0.15) is 21.5 Å². The molecule has 1 atom stereocenters. The quantitative estimate of drug-likeness (QED) is 0.831. The van der Waals surface area contributed by atoms with Crippen LogP contribution in [0.4, 0.5) is 13.2 Å². The van der Waals surface area contributed by atoms with Crippen molar-refractivity contribution in [3.63, 3.8) is 0 Å². The summed E-state index contributed by atoms with van der Waals surface area (Å²) in [5.74, 6) is -0.0765.